The number of carbonyl (C=O) groups is 1. The number of carbonyl (C=O) groups excluding carboxylic acids is 1. The molecule has 0 spiro atoms. The molecular formula is C32H28FN3O. The number of fused-ring (bicyclic) bond motifs is 1. The number of pyridine rings is 2. The van der Waals surface area contributed by atoms with Gasteiger partial charge in [-0.15, -0.1) is 0 Å². The lowest BCUT2D eigenvalue weighted by molar-refractivity contribution is -0.125. The van der Waals surface area contributed by atoms with Crippen LogP contribution in [-0.2, 0) is 16.8 Å². The largest absolute Gasteiger partial charge is 0.351 e. The highest BCUT2D eigenvalue weighted by atomic mass is 19.1. The van der Waals surface area contributed by atoms with Crippen LogP contribution < -0.4 is 5.32 Å². The van der Waals surface area contributed by atoms with Crippen molar-refractivity contribution in [2.45, 2.75) is 32.7 Å². The van der Waals surface area contributed by atoms with Crippen LogP contribution >= 0.6 is 0 Å². The van der Waals surface area contributed by atoms with Crippen molar-refractivity contribution in [3.05, 3.63) is 120 Å². The Morgan fingerprint density at radius 3 is 2.30 bits per heavy atom. The van der Waals surface area contributed by atoms with Crippen LogP contribution in [0.15, 0.2) is 97.2 Å². The van der Waals surface area contributed by atoms with E-state index in [1.165, 1.54) is 6.07 Å². The van der Waals surface area contributed by atoms with Crippen LogP contribution in [0.4, 0.5) is 4.39 Å². The van der Waals surface area contributed by atoms with Crippen molar-refractivity contribution < 1.29 is 9.18 Å². The second-order valence-electron chi connectivity index (χ2n) is 9.79. The molecule has 1 N–H and O–H groups in total. The summed E-state index contributed by atoms with van der Waals surface area (Å²) >= 11 is 0. The molecule has 0 aliphatic rings. The Hall–Kier alpha value is -4.38. The van der Waals surface area contributed by atoms with E-state index in [0.717, 1.165) is 38.9 Å². The van der Waals surface area contributed by atoms with Gasteiger partial charge in [0.2, 0.25) is 5.91 Å². The van der Waals surface area contributed by atoms with Crippen molar-refractivity contribution in [1.29, 1.82) is 0 Å². The van der Waals surface area contributed by atoms with E-state index in [-0.39, 0.29) is 11.7 Å². The van der Waals surface area contributed by atoms with Crippen molar-refractivity contribution in [3.8, 4) is 22.4 Å². The highest BCUT2D eigenvalue weighted by Gasteiger charge is 2.29. The quantitative estimate of drug-likeness (QED) is 0.279. The fraction of sp³-hybridized carbons (Fsp3) is 0.156. The number of rotatable bonds is 6. The number of aromatic nitrogens is 2. The summed E-state index contributed by atoms with van der Waals surface area (Å²) in [6.45, 7) is 6.04. The maximum atomic E-state index is 13.6. The molecule has 0 aliphatic carbocycles. The molecular weight excluding hydrogens is 461 g/mol. The van der Waals surface area contributed by atoms with Crippen LogP contribution in [0.2, 0.25) is 0 Å². The van der Waals surface area contributed by atoms with Gasteiger partial charge in [-0.3, -0.25) is 4.79 Å². The zero-order valence-electron chi connectivity index (χ0n) is 21.1. The maximum Gasteiger partial charge on any atom is 0.230 e. The zero-order chi connectivity index (χ0) is 26.0. The predicted octanol–water partition coefficient (Wildman–Crippen LogP) is 7.01. The number of hydrogen-bond acceptors (Lipinski definition) is 3. The van der Waals surface area contributed by atoms with E-state index in [4.69, 9.17) is 0 Å². The van der Waals surface area contributed by atoms with Crippen LogP contribution in [0.5, 0.6) is 0 Å². The van der Waals surface area contributed by atoms with E-state index in [0.29, 0.717) is 17.8 Å². The minimum Gasteiger partial charge on any atom is -0.351 e. The van der Waals surface area contributed by atoms with Gasteiger partial charge in [-0.05, 0) is 85.0 Å². The molecule has 0 aliphatic heterocycles. The van der Waals surface area contributed by atoms with E-state index in [1.54, 1.807) is 19.2 Å². The summed E-state index contributed by atoms with van der Waals surface area (Å²) in [5.74, 6) is -0.255. The zero-order valence-corrected chi connectivity index (χ0v) is 21.1. The lowest BCUT2D eigenvalue weighted by atomic mass is 9.83. The molecule has 0 atom stereocenters. The topological polar surface area (TPSA) is 54.9 Å². The van der Waals surface area contributed by atoms with E-state index in [2.05, 4.69) is 15.3 Å². The number of nitrogens with one attached hydrogen (secondary N) is 1. The Kier molecular flexibility index (Phi) is 6.53. The van der Waals surface area contributed by atoms with Gasteiger partial charge in [0.25, 0.3) is 0 Å². The van der Waals surface area contributed by atoms with Gasteiger partial charge in [-0.1, -0.05) is 54.6 Å². The molecule has 0 saturated heterocycles. The highest BCUT2D eigenvalue weighted by molar-refractivity contribution is 5.87. The van der Waals surface area contributed by atoms with Crippen LogP contribution in [0.1, 0.15) is 30.5 Å². The number of halogens is 1. The van der Waals surface area contributed by atoms with Crippen molar-refractivity contribution in [2.75, 3.05) is 0 Å². The summed E-state index contributed by atoms with van der Waals surface area (Å²) in [6.07, 6.45) is 1.74. The van der Waals surface area contributed by atoms with E-state index in [9.17, 15) is 9.18 Å². The minimum atomic E-state index is -0.706. The fourth-order valence-electron chi connectivity index (χ4n) is 4.35. The SMILES string of the molecule is Cc1cc(-c2ccc(CNC(=O)C(C)(C)c3ccc(-c4ccc5cccnc5n4)cc3)cc2)ccc1F. The van der Waals surface area contributed by atoms with E-state index >= 15 is 0 Å². The van der Waals surface area contributed by atoms with Gasteiger partial charge in [0, 0.05) is 23.7 Å². The average molecular weight is 490 g/mol. The predicted molar refractivity (Wildman–Crippen MR) is 146 cm³/mol. The van der Waals surface area contributed by atoms with Crippen molar-refractivity contribution >= 4 is 16.9 Å². The summed E-state index contributed by atoms with van der Waals surface area (Å²) in [5, 5.41) is 4.07. The monoisotopic (exact) mass is 489 g/mol. The summed E-state index contributed by atoms with van der Waals surface area (Å²) in [6, 6.07) is 28.9. The van der Waals surface area contributed by atoms with Gasteiger partial charge < -0.3 is 5.32 Å². The van der Waals surface area contributed by atoms with Crippen molar-refractivity contribution in [2.24, 2.45) is 0 Å². The first-order valence-electron chi connectivity index (χ1n) is 12.3. The Morgan fingerprint density at radius 2 is 1.57 bits per heavy atom. The van der Waals surface area contributed by atoms with Gasteiger partial charge in [-0.25, -0.2) is 14.4 Å². The summed E-state index contributed by atoms with van der Waals surface area (Å²) in [7, 11) is 0. The van der Waals surface area contributed by atoms with Crippen LogP contribution in [0, 0.1) is 12.7 Å². The van der Waals surface area contributed by atoms with Gasteiger partial charge in [0.1, 0.15) is 5.82 Å². The lowest BCUT2D eigenvalue weighted by Gasteiger charge is -2.24. The normalized spacial score (nSPS) is 11.5. The first-order valence-corrected chi connectivity index (χ1v) is 12.3. The first-order chi connectivity index (χ1) is 17.8. The standard InChI is InChI=1S/C32H28FN3O/c1-21-19-26(12-16-28(21)33)23-8-6-22(7-9-23)20-35-31(37)32(2,3)27-14-10-24(11-15-27)29-17-13-25-5-4-18-34-30(25)36-29/h4-19H,20H2,1-3H3,(H,35,37). The highest BCUT2D eigenvalue weighted by Crippen LogP contribution is 2.28. The van der Waals surface area contributed by atoms with Gasteiger partial charge in [0.05, 0.1) is 11.1 Å². The molecule has 5 heteroatoms. The molecule has 0 bridgehead atoms. The second-order valence-corrected chi connectivity index (χ2v) is 9.79. The maximum absolute atomic E-state index is 13.6. The van der Waals surface area contributed by atoms with Gasteiger partial charge in [0.15, 0.2) is 5.65 Å². The molecule has 184 valence electrons. The minimum absolute atomic E-state index is 0.0495. The Balaban J connectivity index is 1.25. The molecule has 1 amide bonds. The smallest absolute Gasteiger partial charge is 0.230 e. The van der Waals surface area contributed by atoms with Crippen LogP contribution in [-0.4, -0.2) is 15.9 Å². The Morgan fingerprint density at radius 1 is 0.865 bits per heavy atom. The number of amides is 1. The molecule has 5 aromatic rings. The fourth-order valence-corrected chi connectivity index (χ4v) is 4.35. The molecule has 0 saturated carbocycles. The Labute approximate surface area is 216 Å². The number of benzene rings is 3. The third kappa shape index (κ3) is 5.12. The van der Waals surface area contributed by atoms with Gasteiger partial charge in [-0.2, -0.15) is 0 Å². The molecule has 0 radical (unpaired) electrons. The van der Waals surface area contributed by atoms with Crippen LogP contribution in [0.25, 0.3) is 33.4 Å². The first kappa shape index (κ1) is 24.3. The summed E-state index contributed by atoms with van der Waals surface area (Å²) in [4.78, 5) is 22.1. The van der Waals surface area contributed by atoms with Crippen molar-refractivity contribution in [1.82, 2.24) is 15.3 Å². The molecule has 2 heterocycles. The number of aryl methyl sites for hydroxylation is 1. The summed E-state index contributed by atoms with van der Waals surface area (Å²) < 4.78 is 13.6. The van der Waals surface area contributed by atoms with Crippen LogP contribution in [0.3, 0.4) is 0 Å². The molecule has 0 fully saturated rings. The molecule has 37 heavy (non-hydrogen) atoms. The third-order valence-electron chi connectivity index (χ3n) is 6.83. The number of nitrogens with zero attached hydrogens (tertiary/aromatic N) is 2. The average Bonchev–Trinajstić information content (AvgIpc) is 2.93. The molecule has 2 aromatic heterocycles. The van der Waals surface area contributed by atoms with Crippen molar-refractivity contribution in [3.63, 3.8) is 0 Å². The Bertz CT molecular complexity index is 1570. The third-order valence-corrected chi connectivity index (χ3v) is 6.83. The summed E-state index contributed by atoms with van der Waals surface area (Å²) in [5.41, 5.74) is 6.35. The lowest BCUT2D eigenvalue weighted by Crippen LogP contribution is -2.39. The second kappa shape index (κ2) is 9.94. The van der Waals surface area contributed by atoms with E-state index in [1.807, 2.05) is 92.7 Å². The van der Waals surface area contributed by atoms with Gasteiger partial charge >= 0.3 is 0 Å². The molecule has 3 aromatic carbocycles. The molecule has 0 unspecified atom stereocenters. The van der Waals surface area contributed by atoms with E-state index < -0.39 is 5.41 Å². The number of hydrogen-bond donors (Lipinski definition) is 1. The molecule has 5 rings (SSSR count). The molecule has 4 nitrogen and oxygen atoms in total.